The first-order valence-corrected chi connectivity index (χ1v) is 10.2. The molecule has 2 aromatic rings. The standard InChI is InChI=1S/C19H24N2O4S/c1-14-6-11-17(26(3,23)24)13-18(14)21-19(22)20-12-4-5-15-7-9-16(25-2)10-8-15/h6-11,13H,4-5,12H2,1-3H3,(H2,20,21,22). The Labute approximate surface area is 154 Å². The Bertz CT molecular complexity index is 862. The lowest BCUT2D eigenvalue weighted by atomic mass is 10.1. The van der Waals surface area contributed by atoms with E-state index in [0.717, 1.165) is 30.4 Å². The molecule has 0 bridgehead atoms. The number of carbonyl (C=O) groups excluding carboxylic acids is 1. The summed E-state index contributed by atoms with van der Waals surface area (Å²) in [7, 11) is -1.69. The van der Waals surface area contributed by atoms with Crippen molar-refractivity contribution in [3.8, 4) is 5.75 Å². The smallest absolute Gasteiger partial charge is 0.319 e. The maximum Gasteiger partial charge on any atom is 0.319 e. The molecule has 2 N–H and O–H groups in total. The Balaban J connectivity index is 1.83. The minimum absolute atomic E-state index is 0.179. The van der Waals surface area contributed by atoms with E-state index in [-0.39, 0.29) is 10.9 Å². The summed E-state index contributed by atoms with van der Waals surface area (Å²) in [5, 5.41) is 5.49. The topological polar surface area (TPSA) is 84.5 Å². The molecule has 0 fully saturated rings. The van der Waals surface area contributed by atoms with Gasteiger partial charge in [0.05, 0.1) is 12.0 Å². The first-order valence-electron chi connectivity index (χ1n) is 8.28. The van der Waals surface area contributed by atoms with Crippen LogP contribution >= 0.6 is 0 Å². The molecule has 0 saturated heterocycles. The van der Waals surface area contributed by atoms with Crippen molar-refractivity contribution in [3.63, 3.8) is 0 Å². The van der Waals surface area contributed by atoms with Gasteiger partial charge in [-0.3, -0.25) is 0 Å². The molecule has 0 spiro atoms. The average molecular weight is 376 g/mol. The summed E-state index contributed by atoms with van der Waals surface area (Å²) in [5.74, 6) is 0.818. The summed E-state index contributed by atoms with van der Waals surface area (Å²) < 4.78 is 28.4. The van der Waals surface area contributed by atoms with Crippen molar-refractivity contribution in [2.75, 3.05) is 25.2 Å². The lowest BCUT2D eigenvalue weighted by Gasteiger charge is -2.11. The SMILES string of the molecule is COc1ccc(CCCNC(=O)Nc2cc(S(C)(=O)=O)ccc2C)cc1. The van der Waals surface area contributed by atoms with Gasteiger partial charge in [0.1, 0.15) is 5.75 Å². The van der Waals surface area contributed by atoms with Crippen molar-refractivity contribution in [2.45, 2.75) is 24.7 Å². The highest BCUT2D eigenvalue weighted by atomic mass is 32.2. The average Bonchev–Trinajstić information content (AvgIpc) is 2.60. The second kappa shape index (κ2) is 8.71. The van der Waals surface area contributed by atoms with Gasteiger partial charge in [-0.1, -0.05) is 18.2 Å². The maximum atomic E-state index is 12.0. The van der Waals surface area contributed by atoms with Crippen molar-refractivity contribution in [2.24, 2.45) is 0 Å². The number of ether oxygens (including phenoxy) is 1. The minimum atomic E-state index is -3.32. The number of rotatable bonds is 7. The van der Waals surface area contributed by atoms with E-state index in [1.165, 1.54) is 17.7 Å². The molecular weight excluding hydrogens is 352 g/mol. The summed E-state index contributed by atoms with van der Waals surface area (Å²) in [6, 6.07) is 12.1. The maximum absolute atomic E-state index is 12.0. The number of methoxy groups -OCH3 is 1. The fourth-order valence-corrected chi connectivity index (χ4v) is 3.07. The van der Waals surface area contributed by atoms with Crippen LogP contribution in [0.1, 0.15) is 17.5 Å². The Morgan fingerprint density at radius 1 is 1.12 bits per heavy atom. The molecule has 6 nitrogen and oxygen atoms in total. The third-order valence-electron chi connectivity index (χ3n) is 3.97. The molecule has 0 heterocycles. The van der Waals surface area contributed by atoms with Crippen LogP contribution in [0.5, 0.6) is 5.75 Å². The van der Waals surface area contributed by atoms with Gasteiger partial charge in [-0.25, -0.2) is 13.2 Å². The zero-order chi connectivity index (χ0) is 19.2. The van der Waals surface area contributed by atoms with Crippen LogP contribution in [0, 0.1) is 6.92 Å². The van der Waals surface area contributed by atoms with Gasteiger partial charge in [0.15, 0.2) is 9.84 Å². The Kier molecular flexibility index (Phi) is 6.63. The number of benzene rings is 2. The molecule has 2 amide bonds. The van der Waals surface area contributed by atoms with Gasteiger partial charge < -0.3 is 15.4 Å². The highest BCUT2D eigenvalue weighted by Gasteiger charge is 2.11. The van der Waals surface area contributed by atoms with Crippen LogP contribution in [0.15, 0.2) is 47.4 Å². The molecule has 0 aliphatic rings. The highest BCUT2D eigenvalue weighted by Crippen LogP contribution is 2.20. The molecule has 0 aliphatic heterocycles. The largest absolute Gasteiger partial charge is 0.497 e. The number of urea groups is 1. The molecule has 0 aliphatic carbocycles. The molecule has 0 saturated carbocycles. The fraction of sp³-hybridized carbons (Fsp3) is 0.316. The Morgan fingerprint density at radius 2 is 1.81 bits per heavy atom. The molecule has 140 valence electrons. The van der Waals surface area contributed by atoms with Crippen LogP contribution in [-0.4, -0.2) is 34.4 Å². The number of hydrogen-bond acceptors (Lipinski definition) is 4. The first-order chi connectivity index (χ1) is 12.3. The predicted molar refractivity (Wildman–Crippen MR) is 103 cm³/mol. The summed E-state index contributed by atoms with van der Waals surface area (Å²) in [6.07, 6.45) is 2.77. The van der Waals surface area contributed by atoms with E-state index >= 15 is 0 Å². The van der Waals surface area contributed by atoms with E-state index in [0.29, 0.717) is 12.2 Å². The summed E-state index contributed by atoms with van der Waals surface area (Å²) in [4.78, 5) is 12.2. The number of anilines is 1. The lowest BCUT2D eigenvalue weighted by Crippen LogP contribution is -2.30. The third kappa shape index (κ3) is 5.77. The van der Waals surface area contributed by atoms with Crippen molar-refractivity contribution in [1.29, 1.82) is 0 Å². The van der Waals surface area contributed by atoms with Gasteiger partial charge in [-0.2, -0.15) is 0 Å². The molecule has 0 atom stereocenters. The zero-order valence-corrected chi connectivity index (χ0v) is 16.0. The van der Waals surface area contributed by atoms with Gasteiger partial charge in [0, 0.05) is 18.5 Å². The van der Waals surface area contributed by atoms with E-state index in [2.05, 4.69) is 10.6 Å². The normalized spacial score (nSPS) is 11.0. The number of hydrogen-bond donors (Lipinski definition) is 2. The first kappa shape index (κ1) is 19.8. The highest BCUT2D eigenvalue weighted by molar-refractivity contribution is 7.90. The van der Waals surface area contributed by atoms with Crippen molar-refractivity contribution in [3.05, 3.63) is 53.6 Å². The monoisotopic (exact) mass is 376 g/mol. The Morgan fingerprint density at radius 3 is 2.42 bits per heavy atom. The van der Waals surface area contributed by atoms with E-state index in [9.17, 15) is 13.2 Å². The number of carbonyl (C=O) groups is 1. The van der Waals surface area contributed by atoms with Crippen LogP contribution in [0.25, 0.3) is 0 Å². The van der Waals surface area contributed by atoms with Crippen LogP contribution in [0.2, 0.25) is 0 Å². The number of nitrogens with one attached hydrogen (secondary N) is 2. The second-order valence-corrected chi connectivity index (χ2v) is 8.10. The van der Waals surface area contributed by atoms with E-state index < -0.39 is 9.84 Å². The van der Waals surface area contributed by atoms with E-state index in [4.69, 9.17) is 4.74 Å². The third-order valence-corrected chi connectivity index (χ3v) is 5.08. The van der Waals surface area contributed by atoms with Gasteiger partial charge >= 0.3 is 6.03 Å². The van der Waals surface area contributed by atoms with Gasteiger partial charge in [-0.15, -0.1) is 0 Å². The summed E-state index contributed by atoms with van der Waals surface area (Å²) in [5.41, 5.74) is 2.45. The summed E-state index contributed by atoms with van der Waals surface area (Å²) in [6.45, 7) is 2.33. The van der Waals surface area contributed by atoms with Gasteiger partial charge in [0.25, 0.3) is 0 Å². The van der Waals surface area contributed by atoms with Crippen LogP contribution in [-0.2, 0) is 16.3 Å². The summed E-state index contributed by atoms with van der Waals surface area (Å²) >= 11 is 0. The molecule has 26 heavy (non-hydrogen) atoms. The predicted octanol–water partition coefficient (Wildman–Crippen LogP) is 3.16. The fourth-order valence-electron chi connectivity index (χ4n) is 2.42. The lowest BCUT2D eigenvalue weighted by molar-refractivity contribution is 0.252. The van der Waals surface area contributed by atoms with E-state index in [1.54, 1.807) is 13.2 Å². The van der Waals surface area contributed by atoms with E-state index in [1.807, 2.05) is 31.2 Å². The molecular formula is C19H24N2O4S. The second-order valence-electron chi connectivity index (χ2n) is 6.08. The zero-order valence-electron chi connectivity index (χ0n) is 15.2. The molecule has 0 aromatic heterocycles. The molecule has 7 heteroatoms. The van der Waals surface area contributed by atoms with Crippen molar-refractivity contribution >= 4 is 21.6 Å². The number of aryl methyl sites for hydroxylation is 2. The number of sulfone groups is 1. The van der Waals surface area contributed by atoms with Crippen LogP contribution < -0.4 is 15.4 Å². The molecule has 0 unspecified atom stereocenters. The van der Waals surface area contributed by atoms with Crippen molar-refractivity contribution < 1.29 is 17.9 Å². The van der Waals surface area contributed by atoms with Gasteiger partial charge in [-0.05, 0) is 55.2 Å². The van der Waals surface area contributed by atoms with Gasteiger partial charge in [0.2, 0.25) is 0 Å². The number of amides is 2. The Hall–Kier alpha value is -2.54. The van der Waals surface area contributed by atoms with Crippen molar-refractivity contribution in [1.82, 2.24) is 5.32 Å². The molecule has 0 radical (unpaired) electrons. The van der Waals surface area contributed by atoms with Crippen LogP contribution in [0.3, 0.4) is 0 Å². The minimum Gasteiger partial charge on any atom is -0.497 e. The quantitative estimate of drug-likeness (QED) is 0.727. The molecule has 2 rings (SSSR count). The molecule has 2 aromatic carbocycles. The van der Waals surface area contributed by atoms with Crippen LogP contribution in [0.4, 0.5) is 10.5 Å².